The molecule has 31 heavy (non-hydrogen) atoms. The molecule has 1 saturated heterocycles. The highest BCUT2D eigenvalue weighted by molar-refractivity contribution is 7.15. The van der Waals surface area contributed by atoms with Crippen molar-refractivity contribution < 1.29 is 19.8 Å². The molecule has 2 atom stereocenters. The monoisotopic (exact) mass is 445 g/mol. The van der Waals surface area contributed by atoms with Crippen molar-refractivity contribution in [3.8, 4) is 11.8 Å². The quantitative estimate of drug-likeness (QED) is 0.582. The van der Waals surface area contributed by atoms with Gasteiger partial charge in [0.2, 0.25) is 5.91 Å². The maximum atomic E-state index is 13.6. The van der Waals surface area contributed by atoms with E-state index < -0.39 is 5.97 Å². The maximum absolute atomic E-state index is 13.6. The Hall–Kier alpha value is -1.84. The first-order valence-corrected chi connectivity index (χ1v) is 12.4. The summed E-state index contributed by atoms with van der Waals surface area (Å²) >= 11 is 1.16. The van der Waals surface area contributed by atoms with E-state index in [-0.39, 0.29) is 34.8 Å². The van der Waals surface area contributed by atoms with E-state index in [1.807, 2.05) is 31.7 Å². The first-order chi connectivity index (χ1) is 14.7. The number of aliphatic hydroxyl groups is 1. The first kappa shape index (κ1) is 23.8. The summed E-state index contributed by atoms with van der Waals surface area (Å²) in [6, 6.07) is 1.86. The smallest absolute Gasteiger partial charge is 0.348 e. The zero-order valence-corrected chi connectivity index (χ0v) is 19.8. The van der Waals surface area contributed by atoms with Crippen molar-refractivity contribution in [3.05, 3.63) is 15.8 Å². The third kappa shape index (κ3) is 5.90. The number of amides is 1. The van der Waals surface area contributed by atoms with Gasteiger partial charge in [-0.3, -0.25) is 4.79 Å². The second kappa shape index (κ2) is 10.2. The van der Waals surface area contributed by atoms with Gasteiger partial charge < -0.3 is 15.1 Å². The van der Waals surface area contributed by atoms with E-state index in [4.69, 9.17) is 0 Å². The summed E-state index contributed by atoms with van der Waals surface area (Å²) in [5.74, 6) is 5.59. The van der Waals surface area contributed by atoms with Gasteiger partial charge in [-0.15, -0.1) is 11.3 Å². The molecule has 0 radical (unpaired) electrons. The van der Waals surface area contributed by atoms with Gasteiger partial charge >= 0.3 is 5.97 Å². The summed E-state index contributed by atoms with van der Waals surface area (Å²) < 4.78 is 0. The molecule has 2 aliphatic rings. The lowest BCUT2D eigenvalue weighted by atomic mass is 9.77. The number of carbonyl (C=O) groups is 2. The van der Waals surface area contributed by atoms with Crippen LogP contribution in [-0.2, 0) is 4.79 Å². The second-order valence-electron chi connectivity index (χ2n) is 9.94. The van der Waals surface area contributed by atoms with Crippen molar-refractivity contribution in [2.45, 2.75) is 84.6 Å². The molecular formula is C25H35NO4S. The molecule has 1 unspecified atom stereocenters. The fraction of sp³-hybridized carbons (Fsp3) is 0.680. The summed E-state index contributed by atoms with van der Waals surface area (Å²) in [6.07, 6.45) is 8.73. The van der Waals surface area contributed by atoms with Gasteiger partial charge in [0, 0.05) is 24.0 Å². The topological polar surface area (TPSA) is 77.8 Å². The van der Waals surface area contributed by atoms with Crippen LogP contribution in [-0.4, -0.2) is 34.7 Å². The minimum Gasteiger partial charge on any atom is -0.477 e. The number of hydrogen-bond acceptors (Lipinski definition) is 4. The van der Waals surface area contributed by atoms with E-state index in [0.29, 0.717) is 29.3 Å². The largest absolute Gasteiger partial charge is 0.477 e. The molecule has 1 aliphatic heterocycles. The van der Waals surface area contributed by atoms with Crippen LogP contribution in [0.4, 0.5) is 5.69 Å². The van der Waals surface area contributed by atoms with E-state index in [1.54, 1.807) is 0 Å². The summed E-state index contributed by atoms with van der Waals surface area (Å²) in [7, 11) is 0. The lowest BCUT2D eigenvalue weighted by Gasteiger charge is -2.44. The Morgan fingerprint density at radius 1 is 1.19 bits per heavy atom. The highest BCUT2D eigenvalue weighted by Gasteiger charge is 2.41. The number of piperidine rings is 1. The number of anilines is 1. The predicted octanol–water partition coefficient (Wildman–Crippen LogP) is 5.31. The lowest BCUT2D eigenvalue weighted by Crippen LogP contribution is -2.52. The average Bonchev–Trinajstić information content (AvgIpc) is 3.15. The molecule has 1 aliphatic carbocycles. The zero-order valence-electron chi connectivity index (χ0n) is 18.9. The summed E-state index contributed by atoms with van der Waals surface area (Å²) in [4.78, 5) is 28.4. The van der Waals surface area contributed by atoms with Crippen LogP contribution in [0.3, 0.4) is 0 Å². The van der Waals surface area contributed by atoms with Crippen molar-refractivity contribution in [1.29, 1.82) is 0 Å². The molecular weight excluding hydrogens is 410 g/mol. The number of aliphatic hydroxyl groups excluding tert-OH is 1. The van der Waals surface area contributed by atoms with E-state index in [2.05, 4.69) is 11.8 Å². The Bertz CT molecular complexity index is 851. The lowest BCUT2D eigenvalue weighted by molar-refractivity contribution is -0.125. The fourth-order valence-corrected chi connectivity index (χ4v) is 5.72. The third-order valence-electron chi connectivity index (χ3n) is 6.36. The number of rotatable bonds is 6. The van der Waals surface area contributed by atoms with Crippen molar-refractivity contribution in [3.63, 3.8) is 0 Å². The predicted molar refractivity (Wildman–Crippen MR) is 125 cm³/mol. The van der Waals surface area contributed by atoms with Crippen molar-refractivity contribution >= 4 is 28.9 Å². The molecule has 5 nitrogen and oxygen atoms in total. The summed E-state index contributed by atoms with van der Waals surface area (Å²) in [6.45, 7) is 6.13. The van der Waals surface area contributed by atoms with E-state index in [9.17, 15) is 19.8 Å². The SMILES string of the molecule is CC(C)(C)C#Cc1cc(N2C(=O)[C@H](CCCO)CCC2C2CCCCC2)c(C(=O)O)s1. The summed E-state index contributed by atoms with van der Waals surface area (Å²) in [5.41, 5.74) is 0.332. The van der Waals surface area contributed by atoms with E-state index >= 15 is 0 Å². The molecule has 1 aromatic rings. The van der Waals surface area contributed by atoms with Gasteiger partial charge in [0.1, 0.15) is 4.88 Å². The van der Waals surface area contributed by atoms with Crippen LogP contribution in [0.5, 0.6) is 0 Å². The van der Waals surface area contributed by atoms with Gasteiger partial charge in [-0.25, -0.2) is 4.79 Å². The second-order valence-corrected chi connectivity index (χ2v) is 11.0. The van der Waals surface area contributed by atoms with Crippen LogP contribution < -0.4 is 4.90 Å². The minimum atomic E-state index is -1.00. The molecule has 1 aromatic heterocycles. The molecule has 1 amide bonds. The molecule has 2 fully saturated rings. The molecule has 170 valence electrons. The average molecular weight is 446 g/mol. The highest BCUT2D eigenvalue weighted by atomic mass is 32.1. The zero-order chi connectivity index (χ0) is 22.6. The molecule has 2 heterocycles. The number of nitrogens with zero attached hydrogens (tertiary/aromatic N) is 1. The van der Waals surface area contributed by atoms with Gasteiger partial charge in [0.05, 0.1) is 10.6 Å². The van der Waals surface area contributed by atoms with Crippen LogP contribution >= 0.6 is 11.3 Å². The number of thiophene rings is 1. The molecule has 0 spiro atoms. The molecule has 2 N–H and O–H groups in total. The number of carboxylic acid groups (broad SMARTS) is 1. The van der Waals surface area contributed by atoms with Gasteiger partial charge in [0.25, 0.3) is 0 Å². The van der Waals surface area contributed by atoms with Gasteiger partial charge in [-0.05, 0) is 71.3 Å². The highest BCUT2D eigenvalue weighted by Crippen LogP contribution is 2.42. The Kier molecular flexibility index (Phi) is 7.82. The third-order valence-corrected chi connectivity index (χ3v) is 7.39. The van der Waals surface area contributed by atoms with Crippen molar-refractivity contribution in [1.82, 2.24) is 0 Å². The number of carboxylic acids is 1. The fourth-order valence-electron chi connectivity index (χ4n) is 4.88. The van der Waals surface area contributed by atoms with Crippen LogP contribution in [0.2, 0.25) is 0 Å². The maximum Gasteiger partial charge on any atom is 0.348 e. The van der Waals surface area contributed by atoms with Crippen LogP contribution in [0.15, 0.2) is 6.07 Å². The van der Waals surface area contributed by atoms with Gasteiger partial charge in [-0.1, -0.05) is 31.1 Å². The Morgan fingerprint density at radius 2 is 1.90 bits per heavy atom. The summed E-state index contributed by atoms with van der Waals surface area (Å²) in [5, 5.41) is 19.2. The normalized spacial score (nSPS) is 22.8. The van der Waals surface area contributed by atoms with Crippen molar-refractivity contribution in [2.24, 2.45) is 17.3 Å². The molecule has 6 heteroatoms. The molecule has 3 rings (SSSR count). The van der Waals surface area contributed by atoms with Crippen LogP contribution in [0, 0.1) is 29.1 Å². The Balaban J connectivity index is 2.01. The first-order valence-electron chi connectivity index (χ1n) is 11.6. The molecule has 0 aromatic carbocycles. The van der Waals surface area contributed by atoms with Crippen molar-refractivity contribution in [2.75, 3.05) is 11.5 Å². The van der Waals surface area contributed by atoms with Crippen LogP contribution in [0.25, 0.3) is 0 Å². The minimum absolute atomic E-state index is 0.0194. The number of carbonyl (C=O) groups excluding carboxylic acids is 1. The van der Waals surface area contributed by atoms with E-state index in [1.165, 1.54) is 19.3 Å². The number of hydrogen-bond donors (Lipinski definition) is 2. The van der Waals surface area contributed by atoms with Gasteiger partial charge in [0.15, 0.2) is 0 Å². The van der Waals surface area contributed by atoms with E-state index in [0.717, 1.165) is 37.0 Å². The van der Waals surface area contributed by atoms with Gasteiger partial charge in [-0.2, -0.15) is 0 Å². The molecule has 0 bridgehead atoms. The Labute approximate surface area is 189 Å². The Morgan fingerprint density at radius 3 is 2.52 bits per heavy atom. The number of aromatic carboxylic acids is 1. The molecule has 1 saturated carbocycles. The standard InChI is InChI=1S/C25H35NO4S/c1-25(2,3)14-13-19-16-21(22(31-19)24(29)30)26-20(17-8-5-4-6-9-17)12-11-18(23(26)28)10-7-15-27/h16-18,20,27H,4-12,15H2,1-3H3,(H,29,30)/t18-,20?/m1/s1. The van der Waals surface area contributed by atoms with Crippen LogP contribution in [0.1, 0.15) is 93.1 Å².